The van der Waals surface area contributed by atoms with E-state index < -0.39 is 0 Å². The summed E-state index contributed by atoms with van der Waals surface area (Å²) in [5, 5.41) is 3.17. The second-order valence-corrected chi connectivity index (χ2v) is 6.92. The van der Waals surface area contributed by atoms with Crippen LogP contribution in [0.3, 0.4) is 0 Å². The highest BCUT2D eigenvalue weighted by Gasteiger charge is 2.09. The summed E-state index contributed by atoms with van der Waals surface area (Å²) < 4.78 is 7.04. The first kappa shape index (κ1) is 20.1. The summed E-state index contributed by atoms with van der Waals surface area (Å²) in [7, 11) is 0. The molecule has 2 heterocycles. The topological polar surface area (TPSA) is 84.9 Å². The highest BCUT2D eigenvalue weighted by molar-refractivity contribution is 5.77. The van der Waals surface area contributed by atoms with Crippen LogP contribution in [-0.2, 0) is 17.8 Å². The third kappa shape index (κ3) is 6.51. The molecule has 1 aromatic heterocycles. The van der Waals surface area contributed by atoms with Gasteiger partial charge in [0.2, 0.25) is 0 Å². The van der Waals surface area contributed by atoms with Crippen LogP contribution in [0, 0.1) is 0 Å². The van der Waals surface area contributed by atoms with Crippen LogP contribution in [0.15, 0.2) is 58.4 Å². The summed E-state index contributed by atoms with van der Waals surface area (Å²) in [6.07, 6.45) is 2.83. The third-order valence-electron chi connectivity index (χ3n) is 4.77. The lowest BCUT2D eigenvalue weighted by Crippen LogP contribution is -2.39. The molecule has 1 aliphatic rings. The predicted octanol–water partition coefficient (Wildman–Crippen LogP) is 1.02. The first-order chi connectivity index (χ1) is 13.7. The summed E-state index contributed by atoms with van der Waals surface area (Å²) in [4.78, 5) is 18.6. The summed E-state index contributed by atoms with van der Waals surface area (Å²) in [5.41, 5.74) is 8.12. The van der Waals surface area contributed by atoms with Crippen molar-refractivity contribution in [3.63, 3.8) is 0 Å². The predicted molar refractivity (Wildman–Crippen MR) is 111 cm³/mol. The van der Waals surface area contributed by atoms with Crippen LogP contribution >= 0.6 is 0 Å². The zero-order chi connectivity index (χ0) is 19.6. The Labute approximate surface area is 165 Å². The summed E-state index contributed by atoms with van der Waals surface area (Å²) in [6, 6.07) is 13.3. The molecule has 7 heteroatoms. The zero-order valence-electron chi connectivity index (χ0n) is 16.2. The lowest BCUT2D eigenvalue weighted by atomic mass is 10.1. The van der Waals surface area contributed by atoms with E-state index in [0.717, 1.165) is 56.9 Å². The number of hydrogen-bond acceptors (Lipinski definition) is 4. The van der Waals surface area contributed by atoms with E-state index >= 15 is 0 Å². The van der Waals surface area contributed by atoms with Gasteiger partial charge in [0.25, 0.3) is 5.56 Å². The van der Waals surface area contributed by atoms with Gasteiger partial charge < -0.3 is 20.4 Å². The number of nitrogens with two attached hydrogens (primary N) is 1. The van der Waals surface area contributed by atoms with Gasteiger partial charge in [0.15, 0.2) is 5.96 Å². The van der Waals surface area contributed by atoms with Gasteiger partial charge in [-0.2, -0.15) is 0 Å². The molecule has 0 amide bonds. The number of pyridine rings is 1. The molecule has 150 valence electrons. The number of nitrogens with zero attached hydrogens (tertiary/aromatic N) is 3. The highest BCUT2D eigenvalue weighted by atomic mass is 16.5. The fourth-order valence-electron chi connectivity index (χ4n) is 3.11. The van der Waals surface area contributed by atoms with E-state index in [1.54, 1.807) is 22.9 Å². The minimum absolute atomic E-state index is 0.00337. The van der Waals surface area contributed by atoms with E-state index in [0.29, 0.717) is 19.0 Å². The molecule has 0 radical (unpaired) electrons. The minimum atomic E-state index is 0.00337. The molecule has 2 aromatic rings. The van der Waals surface area contributed by atoms with Gasteiger partial charge in [-0.3, -0.25) is 9.69 Å². The standard InChI is InChI=1S/C21H29N5O2/c22-21(23-9-3-10-25-12-14-28-15-13-25)24-16-18-5-7-19(8-6-18)17-26-11-2-1-4-20(26)27/h1-2,4-8,11H,3,9-10,12-17H2,(H3,22,23,24). The van der Waals surface area contributed by atoms with Crippen molar-refractivity contribution >= 4 is 5.96 Å². The number of ether oxygens (including phenoxy) is 1. The molecule has 28 heavy (non-hydrogen) atoms. The van der Waals surface area contributed by atoms with Crippen LogP contribution in [-0.4, -0.2) is 54.8 Å². The van der Waals surface area contributed by atoms with Crippen molar-refractivity contribution < 1.29 is 4.74 Å². The minimum Gasteiger partial charge on any atom is -0.379 e. The number of aliphatic imine (C=N–C) groups is 1. The molecule has 0 unspecified atom stereocenters. The molecule has 1 aromatic carbocycles. The van der Waals surface area contributed by atoms with Crippen LogP contribution < -0.4 is 16.6 Å². The van der Waals surface area contributed by atoms with Crippen LogP contribution in [0.4, 0.5) is 0 Å². The van der Waals surface area contributed by atoms with E-state index in [1.807, 2.05) is 30.3 Å². The van der Waals surface area contributed by atoms with Crippen LogP contribution in [0.25, 0.3) is 0 Å². The van der Waals surface area contributed by atoms with Crippen LogP contribution in [0.5, 0.6) is 0 Å². The number of rotatable bonds is 8. The van der Waals surface area contributed by atoms with Crippen molar-refractivity contribution in [3.8, 4) is 0 Å². The Hall–Kier alpha value is -2.64. The molecule has 7 nitrogen and oxygen atoms in total. The van der Waals surface area contributed by atoms with Gasteiger partial charge >= 0.3 is 0 Å². The molecule has 3 N–H and O–H groups in total. The van der Waals surface area contributed by atoms with E-state index in [-0.39, 0.29) is 5.56 Å². The second-order valence-electron chi connectivity index (χ2n) is 6.92. The zero-order valence-corrected chi connectivity index (χ0v) is 16.2. The first-order valence-corrected chi connectivity index (χ1v) is 9.78. The molecule has 0 aliphatic carbocycles. The number of hydrogen-bond donors (Lipinski definition) is 2. The summed E-state index contributed by atoms with van der Waals surface area (Å²) in [6.45, 7) is 6.66. The number of aromatic nitrogens is 1. The average molecular weight is 383 g/mol. The maximum atomic E-state index is 11.8. The highest BCUT2D eigenvalue weighted by Crippen LogP contribution is 2.07. The molecule has 1 saturated heterocycles. The molecule has 0 bridgehead atoms. The van der Waals surface area contributed by atoms with Crippen LogP contribution in [0.2, 0.25) is 0 Å². The Bertz CT molecular complexity index is 810. The third-order valence-corrected chi connectivity index (χ3v) is 4.77. The lowest BCUT2D eigenvalue weighted by molar-refractivity contribution is 0.0376. The maximum absolute atomic E-state index is 11.8. The van der Waals surface area contributed by atoms with Crippen molar-refractivity contribution in [2.24, 2.45) is 10.7 Å². The largest absolute Gasteiger partial charge is 0.379 e. The van der Waals surface area contributed by atoms with Gasteiger partial charge in [-0.05, 0) is 30.2 Å². The Morgan fingerprint density at radius 3 is 2.61 bits per heavy atom. The normalized spacial score (nSPS) is 15.5. The molecule has 0 saturated carbocycles. The fourth-order valence-corrected chi connectivity index (χ4v) is 3.11. The van der Waals surface area contributed by atoms with Gasteiger partial charge in [-0.25, -0.2) is 4.99 Å². The molecule has 1 aliphatic heterocycles. The molecule has 0 atom stereocenters. The van der Waals surface area contributed by atoms with E-state index in [9.17, 15) is 4.79 Å². The monoisotopic (exact) mass is 383 g/mol. The average Bonchev–Trinajstić information content (AvgIpc) is 2.73. The lowest BCUT2D eigenvalue weighted by Gasteiger charge is -2.26. The van der Waals surface area contributed by atoms with Gasteiger partial charge in [-0.1, -0.05) is 30.3 Å². The SMILES string of the molecule is NC(=NCc1ccc(Cn2ccccc2=O)cc1)NCCCN1CCOCC1. The van der Waals surface area contributed by atoms with Crippen LogP contribution in [0.1, 0.15) is 17.5 Å². The number of benzene rings is 1. The van der Waals surface area contributed by atoms with Crippen molar-refractivity contribution in [1.82, 2.24) is 14.8 Å². The van der Waals surface area contributed by atoms with Gasteiger partial charge in [0, 0.05) is 31.9 Å². The number of nitrogens with one attached hydrogen (secondary N) is 1. The Morgan fingerprint density at radius 1 is 1.11 bits per heavy atom. The molecular formula is C21H29N5O2. The van der Waals surface area contributed by atoms with Crippen molar-refractivity contribution in [2.45, 2.75) is 19.5 Å². The first-order valence-electron chi connectivity index (χ1n) is 9.78. The van der Waals surface area contributed by atoms with Crippen molar-refractivity contribution in [2.75, 3.05) is 39.4 Å². The smallest absolute Gasteiger partial charge is 0.250 e. The van der Waals surface area contributed by atoms with Gasteiger partial charge in [0.1, 0.15) is 0 Å². The number of morpholine rings is 1. The molecule has 1 fully saturated rings. The molecule has 0 spiro atoms. The van der Waals surface area contributed by atoms with E-state index in [4.69, 9.17) is 10.5 Å². The van der Waals surface area contributed by atoms with Gasteiger partial charge in [-0.15, -0.1) is 0 Å². The van der Waals surface area contributed by atoms with E-state index in [1.165, 1.54) is 0 Å². The molecule has 3 rings (SSSR count). The Kier molecular flexibility index (Phi) is 7.63. The Morgan fingerprint density at radius 2 is 1.86 bits per heavy atom. The number of guanidine groups is 1. The fraction of sp³-hybridized carbons (Fsp3) is 0.429. The van der Waals surface area contributed by atoms with Crippen molar-refractivity contribution in [3.05, 3.63) is 70.1 Å². The molecular weight excluding hydrogens is 354 g/mol. The van der Waals surface area contributed by atoms with Gasteiger partial charge in [0.05, 0.1) is 26.3 Å². The van der Waals surface area contributed by atoms with Crippen molar-refractivity contribution in [1.29, 1.82) is 0 Å². The van der Waals surface area contributed by atoms with E-state index in [2.05, 4.69) is 15.2 Å². The summed E-state index contributed by atoms with van der Waals surface area (Å²) >= 11 is 0. The summed E-state index contributed by atoms with van der Waals surface area (Å²) in [5.74, 6) is 0.474. The quantitative estimate of drug-likeness (QED) is 0.404. The second kappa shape index (κ2) is 10.6. The maximum Gasteiger partial charge on any atom is 0.250 e. The Balaban J connectivity index is 1.39.